The van der Waals surface area contributed by atoms with Crippen molar-refractivity contribution in [3.63, 3.8) is 0 Å². The van der Waals surface area contributed by atoms with Gasteiger partial charge in [-0.2, -0.15) is 0 Å². The predicted octanol–water partition coefficient (Wildman–Crippen LogP) is 2.43. The molecule has 5 heteroatoms. The molecule has 0 bridgehead atoms. The first kappa shape index (κ1) is 16.4. The lowest BCUT2D eigenvalue weighted by molar-refractivity contribution is 0.141. The van der Waals surface area contributed by atoms with Crippen LogP contribution in [0.5, 0.6) is 0 Å². The molecule has 2 rings (SSSR count). The number of rotatable bonds is 4. The van der Waals surface area contributed by atoms with Crippen LogP contribution in [-0.2, 0) is 11.3 Å². The average molecular weight is 309 g/mol. The molecule has 1 aromatic heterocycles. The largest absolute Gasteiger partial charge is 0.445 e. The Morgan fingerprint density at radius 3 is 2.65 bits per heavy atom. The van der Waals surface area contributed by atoms with Crippen molar-refractivity contribution in [1.82, 2.24) is 10.3 Å². The molecule has 2 aromatic rings. The maximum Gasteiger partial charge on any atom is 0.408 e. The summed E-state index contributed by atoms with van der Waals surface area (Å²) in [5.74, 6) is 6.68. The number of pyridine rings is 1. The Bertz CT molecular complexity index is 686. The highest BCUT2D eigenvalue weighted by Gasteiger charge is 2.00. The van der Waals surface area contributed by atoms with Crippen molar-refractivity contribution < 1.29 is 9.53 Å². The monoisotopic (exact) mass is 309 g/mol. The number of carbonyl (C=O) groups is 1. The number of benzene rings is 1. The highest BCUT2D eigenvalue weighted by atomic mass is 16.5. The molecule has 0 fully saturated rings. The third-order valence-corrected chi connectivity index (χ3v) is 2.97. The summed E-state index contributed by atoms with van der Waals surface area (Å²) in [6.45, 7) is 0.471. The first-order chi connectivity index (χ1) is 11.1. The predicted molar refractivity (Wildman–Crippen MR) is 90.1 cm³/mol. The van der Waals surface area contributed by atoms with Gasteiger partial charge in [-0.3, -0.25) is 0 Å². The smallest absolute Gasteiger partial charge is 0.408 e. The number of ether oxygens (including phenoxy) is 1. The van der Waals surface area contributed by atoms with E-state index in [-0.39, 0.29) is 13.2 Å². The fraction of sp³-hybridized carbons (Fsp3) is 0.222. The van der Waals surface area contributed by atoms with Crippen LogP contribution in [0.4, 0.5) is 10.6 Å². The zero-order chi connectivity index (χ0) is 16.5. The van der Waals surface area contributed by atoms with Crippen LogP contribution < -0.4 is 10.2 Å². The van der Waals surface area contributed by atoms with Gasteiger partial charge in [0.15, 0.2) is 0 Å². The molecule has 1 amide bonds. The zero-order valence-electron chi connectivity index (χ0n) is 13.2. The molecule has 0 aliphatic rings. The minimum absolute atomic E-state index is 0.225. The molecule has 0 radical (unpaired) electrons. The van der Waals surface area contributed by atoms with Crippen LogP contribution in [0.2, 0.25) is 0 Å². The van der Waals surface area contributed by atoms with E-state index >= 15 is 0 Å². The molecular formula is C18H19N3O2. The second kappa shape index (κ2) is 8.44. The summed E-state index contributed by atoms with van der Waals surface area (Å²) in [6, 6.07) is 13.3. The van der Waals surface area contributed by atoms with Gasteiger partial charge in [0.25, 0.3) is 0 Å². The minimum Gasteiger partial charge on any atom is -0.445 e. The van der Waals surface area contributed by atoms with Crippen molar-refractivity contribution in [3.05, 3.63) is 59.8 Å². The van der Waals surface area contributed by atoms with E-state index in [1.165, 1.54) is 0 Å². The Morgan fingerprint density at radius 1 is 1.22 bits per heavy atom. The summed E-state index contributed by atoms with van der Waals surface area (Å²) in [5.41, 5.74) is 1.75. The minimum atomic E-state index is -0.482. The molecule has 1 heterocycles. The first-order valence-electron chi connectivity index (χ1n) is 7.22. The van der Waals surface area contributed by atoms with Crippen LogP contribution >= 0.6 is 0 Å². The number of aromatic nitrogens is 1. The van der Waals surface area contributed by atoms with Crippen molar-refractivity contribution in [2.75, 3.05) is 25.5 Å². The Kier molecular flexibility index (Phi) is 6.01. The van der Waals surface area contributed by atoms with Crippen molar-refractivity contribution in [3.8, 4) is 11.8 Å². The molecule has 0 saturated heterocycles. The van der Waals surface area contributed by atoms with Crippen LogP contribution in [0, 0.1) is 11.8 Å². The summed E-state index contributed by atoms with van der Waals surface area (Å²) < 4.78 is 5.09. The number of amides is 1. The Balaban J connectivity index is 1.73. The molecule has 0 aliphatic carbocycles. The van der Waals surface area contributed by atoms with Gasteiger partial charge in [-0.15, -0.1) is 0 Å². The summed E-state index contributed by atoms with van der Waals surface area (Å²) in [4.78, 5) is 17.7. The summed E-state index contributed by atoms with van der Waals surface area (Å²) in [7, 11) is 3.86. The van der Waals surface area contributed by atoms with Crippen LogP contribution in [0.1, 0.15) is 11.1 Å². The molecule has 0 spiro atoms. The molecule has 23 heavy (non-hydrogen) atoms. The van der Waals surface area contributed by atoms with Gasteiger partial charge >= 0.3 is 6.09 Å². The molecule has 0 saturated carbocycles. The second-order valence-electron chi connectivity index (χ2n) is 5.02. The molecule has 0 unspecified atom stereocenters. The Hall–Kier alpha value is -3.00. The lowest BCUT2D eigenvalue weighted by atomic mass is 10.2. The number of carbonyl (C=O) groups excluding carboxylic acids is 1. The third-order valence-electron chi connectivity index (χ3n) is 2.97. The molecule has 1 aromatic carbocycles. The Labute approximate surface area is 136 Å². The van der Waals surface area contributed by atoms with Crippen LogP contribution in [0.25, 0.3) is 0 Å². The van der Waals surface area contributed by atoms with E-state index in [1.54, 1.807) is 6.20 Å². The zero-order valence-corrected chi connectivity index (χ0v) is 13.2. The molecular weight excluding hydrogens is 290 g/mol. The van der Waals surface area contributed by atoms with Gasteiger partial charge in [0.2, 0.25) is 0 Å². The number of anilines is 1. The molecule has 5 nitrogen and oxygen atoms in total. The van der Waals surface area contributed by atoms with Gasteiger partial charge in [0.1, 0.15) is 12.4 Å². The third kappa shape index (κ3) is 5.71. The van der Waals surface area contributed by atoms with Gasteiger partial charge in [-0.1, -0.05) is 42.2 Å². The van der Waals surface area contributed by atoms with Crippen LogP contribution in [0.3, 0.4) is 0 Å². The van der Waals surface area contributed by atoms with Crippen molar-refractivity contribution >= 4 is 11.9 Å². The first-order valence-corrected chi connectivity index (χ1v) is 7.22. The van der Waals surface area contributed by atoms with E-state index in [0.29, 0.717) is 0 Å². The van der Waals surface area contributed by atoms with E-state index in [9.17, 15) is 4.79 Å². The molecule has 0 atom stereocenters. The van der Waals surface area contributed by atoms with Gasteiger partial charge in [-0.25, -0.2) is 9.78 Å². The van der Waals surface area contributed by atoms with Gasteiger partial charge < -0.3 is 15.0 Å². The normalized spacial score (nSPS) is 9.48. The van der Waals surface area contributed by atoms with Crippen molar-refractivity contribution in [2.24, 2.45) is 0 Å². The number of hydrogen-bond acceptors (Lipinski definition) is 4. The fourth-order valence-corrected chi connectivity index (χ4v) is 1.76. The summed E-state index contributed by atoms with van der Waals surface area (Å²) in [6.07, 6.45) is 1.22. The van der Waals surface area contributed by atoms with E-state index in [1.807, 2.05) is 61.5 Å². The quantitative estimate of drug-likeness (QED) is 0.881. The van der Waals surface area contributed by atoms with Gasteiger partial charge in [-0.05, 0) is 17.7 Å². The summed E-state index contributed by atoms with van der Waals surface area (Å²) >= 11 is 0. The van der Waals surface area contributed by atoms with Gasteiger partial charge in [0, 0.05) is 25.9 Å². The van der Waals surface area contributed by atoms with E-state index < -0.39 is 6.09 Å². The average Bonchev–Trinajstić information content (AvgIpc) is 2.58. The number of nitrogens with one attached hydrogen (secondary N) is 1. The number of hydrogen-bond donors (Lipinski definition) is 1. The number of nitrogens with zero attached hydrogens (tertiary/aromatic N) is 2. The van der Waals surface area contributed by atoms with E-state index in [2.05, 4.69) is 22.1 Å². The SMILES string of the molecule is CN(C)c1ccc(C#CCNC(=O)OCc2ccccc2)cn1. The maximum atomic E-state index is 11.5. The van der Waals surface area contributed by atoms with Crippen molar-refractivity contribution in [2.45, 2.75) is 6.61 Å². The highest BCUT2D eigenvalue weighted by molar-refractivity contribution is 5.67. The van der Waals surface area contributed by atoms with E-state index in [0.717, 1.165) is 16.9 Å². The van der Waals surface area contributed by atoms with Gasteiger partial charge in [0.05, 0.1) is 6.54 Å². The highest BCUT2D eigenvalue weighted by Crippen LogP contribution is 2.06. The standard InChI is InChI=1S/C18H19N3O2/c1-21(2)17-11-10-15(13-20-17)9-6-12-19-18(22)23-14-16-7-4-3-5-8-16/h3-5,7-8,10-11,13H,12,14H2,1-2H3,(H,19,22). The number of alkyl carbamates (subject to hydrolysis) is 1. The topological polar surface area (TPSA) is 54.5 Å². The second-order valence-corrected chi connectivity index (χ2v) is 5.02. The molecule has 1 N–H and O–H groups in total. The molecule has 118 valence electrons. The fourth-order valence-electron chi connectivity index (χ4n) is 1.76. The maximum absolute atomic E-state index is 11.5. The molecule has 0 aliphatic heterocycles. The summed E-state index contributed by atoms with van der Waals surface area (Å²) in [5, 5.41) is 2.59. The van der Waals surface area contributed by atoms with Crippen LogP contribution in [0.15, 0.2) is 48.7 Å². The van der Waals surface area contributed by atoms with Crippen molar-refractivity contribution in [1.29, 1.82) is 0 Å². The van der Waals surface area contributed by atoms with E-state index in [4.69, 9.17) is 4.74 Å². The Morgan fingerprint density at radius 2 is 2.00 bits per heavy atom. The lowest BCUT2D eigenvalue weighted by Crippen LogP contribution is -2.24. The van der Waals surface area contributed by atoms with Crippen LogP contribution in [-0.4, -0.2) is 31.7 Å². The lowest BCUT2D eigenvalue weighted by Gasteiger charge is -2.09.